The fourth-order valence-corrected chi connectivity index (χ4v) is 3.29. The van der Waals surface area contributed by atoms with Crippen molar-refractivity contribution >= 4 is 29.3 Å². The Morgan fingerprint density at radius 2 is 1.96 bits per heavy atom. The maximum atomic E-state index is 12.1. The van der Waals surface area contributed by atoms with E-state index in [0.717, 1.165) is 16.8 Å². The van der Waals surface area contributed by atoms with Crippen LogP contribution in [-0.4, -0.2) is 31.9 Å². The molecule has 0 aliphatic rings. The predicted molar refractivity (Wildman–Crippen MR) is 103 cm³/mol. The molecule has 0 aliphatic heterocycles. The average Bonchev–Trinajstić information content (AvgIpc) is 3.08. The highest BCUT2D eigenvalue weighted by molar-refractivity contribution is 7.99. The van der Waals surface area contributed by atoms with Crippen molar-refractivity contribution in [2.45, 2.75) is 25.5 Å². The number of nitrogens with zero attached hydrogens (tertiary/aromatic N) is 4. The third kappa shape index (κ3) is 4.62. The number of amides is 1. The van der Waals surface area contributed by atoms with Crippen LogP contribution in [0.25, 0.3) is 5.69 Å². The first-order valence-corrected chi connectivity index (χ1v) is 9.39. The molecule has 0 spiro atoms. The van der Waals surface area contributed by atoms with Gasteiger partial charge >= 0.3 is 0 Å². The number of aromatic nitrogens is 4. The van der Waals surface area contributed by atoms with Gasteiger partial charge in [0.1, 0.15) is 0 Å². The van der Waals surface area contributed by atoms with Crippen molar-refractivity contribution < 1.29 is 4.79 Å². The minimum atomic E-state index is -0.0832. The normalized spacial score (nSPS) is 10.7. The highest BCUT2D eigenvalue weighted by Crippen LogP contribution is 2.21. The molecule has 134 valence electrons. The van der Waals surface area contributed by atoms with Gasteiger partial charge in [-0.15, -0.1) is 5.10 Å². The molecule has 6 nitrogen and oxygen atoms in total. The van der Waals surface area contributed by atoms with Crippen molar-refractivity contribution in [1.29, 1.82) is 0 Å². The lowest BCUT2D eigenvalue weighted by molar-refractivity contribution is -0.118. The van der Waals surface area contributed by atoms with Gasteiger partial charge in [-0.05, 0) is 53.6 Å². The summed E-state index contributed by atoms with van der Waals surface area (Å²) in [4.78, 5) is 12.1. The Hall–Kier alpha value is -2.38. The number of carbonyl (C=O) groups is 1. The maximum absolute atomic E-state index is 12.1. The molecule has 26 heavy (non-hydrogen) atoms. The lowest BCUT2D eigenvalue weighted by Crippen LogP contribution is -2.24. The van der Waals surface area contributed by atoms with Crippen LogP contribution in [-0.2, 0) is 11.3 Å². The molecule has 0 radical (unpaired) electrons. The fourth-order valence-electron chi connectivity index (χ4n) is 2.45. The van der Waals surface area contributed by atoms with Gasteiger partial charge in [-0.25, -0.2) is 0 Å². The minimum Gasteiger partial charge on any atom is -0.351 e. The Labute approximate surface area is 160 Å². The summed E-state index contributed by atoms with van der Waals surface area (Å²) in [6.07, 6.45) is 0. The summed E-state index contributed by atoms with van der Waals surface area (Å²) < 4.78 is 1.66. The van der Waals surface area contributed by atoms with Crippen molar-refractivity contribution in [1.82, 2.24) is 25.5 Å². The first-order chi connectivity index (χ1) is 12.5. The molecule has 0 saturated carbocycles. The van der Waals surface area contributed by atoms with E-state index in [9.17, 15) is 4.79 Å². The molecular formula is C18H18ClN5OS. The number of thioether (sulfide) groups is 1. The van der Waals surface area contributed by atoms with Crippen LogP contribution in [0.2, 0.25) is 5.02 Å². The smallest absolute Gasteiger partial charge is 0.230 e. The van der Waals surface area contributed by atoms with Crippen LogP contribution in [0.4, 0.5) is 0 Å². The second-order valence-corrected chi connectivity index (χ2v) is 7.23. The number of tetrazole rings is 1. The summed E-state index contributed by atoms with van der Waals surface area (Å²) in [5, 5.41) is 15.9. The van der Waals surface area contributed by atoms with E-state index in [4.69, 9.17) is 11.6 Å². The molecule has 1 heterocycles. The molecule has 3 rings (SSSR count). The molecule has 8 heteroatoms. The molecule has 0 bridgehead atoms. The van der Waals surface area contributed by atoms with Gasteiger partial charge in [-0.2, -0.15) is 4.68 Å². The highest BCUT2D eigenvalue weighted by Gasteiger charge is 2.13. The molecule has 3 aromatic rings. The molecule has 0 fully saturated rings. The molecule has 1 N–H and O–H groups in total. The van der Waals surface area contributed by atoms with Gasteiger partial charge in [-0.1, -0.05) is 53.2 Å². The predicted octanol–water partition coefficient (Wildman–Crippen LogP) is 3.34. The molecule has 0 saturated heterocycles. The Balaban J connectivity index is 1.59. The summed E-state index contributed by atoms with van der Waals surface area (Å²) in [6.45, 7) is 4.51. The van der Waals surface area contributed by atoms with Crippen molar-refractivity contribution in [3.63, 3.8) is 0 Å². The monoisotopic (exact) mass is 387 g/mol. The van der Waals surface area contributed by atoms with E-state index in [-0.39, 0.29) is 11.7 Å². The summed E-state index contributed by atoms with van der Waals surface area (Å²) in [5.74, 6) is 0.152. The van der Waals surface area contributed by atoms with Crippen LogP contribution in [0.15, 0.2) is 47.6 Å². The summed E-state index contributed by atoms with van der Waals surface area (Å²) in [7, 11) is 0. The summed E-state index contributed by atoms with van der Waals surface area (Å²) in [5.41, 5.74) is 4.15. The Morgan fingerprint density at radius 3 is 2.69 bits per heavy atom. The van der Waals surface area contributed by atoms with Crippen LogP contribution in [0.5, 0.6) is 0 Å². The second-order valence-electron chi connectivity index (χ2n) is 5.86. The Bertz CT molecular complexity index is 910. The standard InChI is InChI=1S/C18H18ClN5OS/c1-12-3-8-16(13(2)9-12)24-18(21-22-23-24)26-11-17(25)20-10-14-4-6-15(19)7-5-14/h3-9H,10-11H2,1-2H3,(H,20,25). The van der Waals surface area contributed by atoms with E-state index in [2.05, 4.69) is 26.9 Å². The zero-order valence-electron chi connectivity index (χ0n) is 14.4. The largest absolute Gasteiger partial charge is 0.351 e. The van der Waals surface area contributed by atoms with Gasteiger partial charge in [0.05, 0.1) is 11.4 Å². The Morgan fingerprint density at radius 1 is 1.19 bits per heavy atom. The number of hydrogen-bond donors (Lipinski definition) is 1. The third-order valence-corrected chi connectivity index (χ3v) is 4.93. The number of aryl methyl sites for hydroxylation is 2. The van der Waals surface area contributed by atoms with E-state index in [0.29, 0.717) is 16.7 Å². The van der Waals surface area contributed by atoms with Crippen LogP contribution in [0.1, 0.15) is 16.7 Å². The van der Waals surface area contributed by atoms with Crippen molar-refractivity contribution in [3.05, 3.63) is 64.2 Å². The molecule has 1 aromatic heterocycles. The first kappa shape index (κ1) is 18.4. The molecule has 1 amide bonds. The number of nitrogens with one attached hydrogen (secondary N) is 1. The van der Waals surface area contributed by atoms with E-state index in [1.54, 1.807) is 16.8 Å². The molecule has 0 aliphatic carbocycles. The van der Waals surface area contributed by atoms with Crippen molar-refractivity contribution in [2.24, 2.45) is 0 Å². The zero-order chi connectivity index (χ0) is 18.5. The SMILES string of the molecule is Cc1ccc(-n2nnnc2SCC(=O)NCc2ccc(Cl)cc2)c(C)c1. The van der Waals surface area contributed by atoms with Gasteiger partial charge in [-0.3, -0.25) is 4.79 Å². The lowest BCUT2D eigenvalue weighted by Gasteiger charge is -2.08. The van der Waals surface area contributed by atoms with E-state index in [1.807, 2.05) is 38.1 Å². The van der Waals surface area contributed by atoms with Crippen LogP contribution in [0.3, 0.4) is 0 Å². The number of carbonyl (C=O) groups excluding carboxylic acids is 1. The van der Waals surface area contributed by atoms with Gasteiger partial charge in [0.2, 0.25) is 11.1 Å². The topological polar surface area (TPSA) is 72.7 Å². The van der Waals surface area contributed by atoms with Gasteiger partial charge in [0.15, 0.2) is 0 Å². The maximum Gasteiger partial charge on any atom is 0.230 e. The highest BCUT2D eigenvalue weighted by atomic mass is 35.5. The lowest BCUT2D eigenvalue weighted by atomic mass is 10.1. The van der Waals surface area contributed by atoms with E-state index < -0.39 is 0 Å². The summed E-state index contributed by atoms with van der Waals surface area (Å²) in [6, 6.07) is 13.4. The van der Waals surface area contributed by atoms with Crippen molar-refractivity contribution in [2.75, 3.05) is 5.75 Å². The van der Waals surface area contributed by atoms with Crippen LogP contribution in [0, 0.1) is 13.8 Å². The molecule has 0 unspecified atom stereocenters. The van der Waals surface area contributed by atoms with E-state index >= 15 is 0 Å². The van der Waals surface area contributed by atoms with Crippen LogP contribution < -0.4 is 5.32 Å². The average molecular weight is 388 g/mol. The minimum absolute atomic E-state index is 0.0832. The molecular weight excluding hydrogens is 370 g/mol. The number of benzene rings is 2. The first-order valence-electron chi connectivity index (χ1n) is 8.03. The Kier molecular flexibility index (Phi) is 5.90. The van der Waals surface area contributed by atoms with Gasteiger partial charge in [0.25, 0.3) is 0 Å². The molecule has 0 atom stereocenters. The van der Waals surface area contributed by atoms with Crippen LogP contribution >= 0.6 is 23.4 Å². The molecule has 2 aromatic carbocycles. The van der Waals surface area contributed by atoms with Gasteiger partial charge in [0, 0.05) is 11.6 Å². The summed E-state index contributed by atoms with van der Waals surface area (Å²) >= 11 is 7.16. The second kappa shape index (κ2) is 8.33. The number of hydrogen-bond acceptors (Lipinski definition) is 5. The third-order valence-electron chi connectivity index (χ3n) is 3.76. The zero-order valence-corrected chi connectivity index (χ0v) is 16.0. The number of rotatable bonds is 6. The number of halogens is 1. The van der Waals surface area contributed by atoms with Crippen molar-refractivity contribution in [3.8, 4) is 5.69 Å². The fraction of sp³-hybridized carbons (Fsp3) is 0.222. The van der Waals surface area contributed by atoms with E-state index in [1.165, 1.54) is 17.3 Å². The quantitative estimate of drug-likeness (QED) is 0.657. The van der Waals surface area contributed by atoms with Gasteiger partial charge < -0.3 is 5.32 Å².